The third kappa shape index (κ3) is 3.26. The second-order valence-corrected chi connectivity index (χ2v) is 5.09. The molecule has 118 valence electrons. The Balaban J connectivity index is 3.29. The van der Waals surface area contributed by atoms with Crippen LogP contribution in [0.4, 0.5) is 4.39 Å². The predicted molar refractivity (Wildman–Crippen MR) is 83.5 cm³/mol. The Morgan fingerprint density at radius 1 is 1.19 bits per heavy atom. The number of methoxy groups -OCH3 is 1. The van der Waals surface area contributed by atoms with Crippen molar-refractivity contribution >= 4 is 5.78 Å². The highest BCUT2D eigenvalue weighted by Crippen LogP contribution is 2.30. The Morgan fingerprint density at radius 3 is 2.14 bits per heavy atom. The highest BCUT2D eigenvalue weighted by atomic mass is 19.1. The number of rotatable bonds is 8. The summed E-state index contributed by atoms with van der Waals surface area (Å²) >= 11 is 0. The summed E-state index contributed by atoms with van der Waals surface area (Å²) in [6.45, 7) is 9.56. The van der Waals surface area contributed by atoms with Crippen LogP contribution in [0.1, 0.15) is 50.9 Å². The van der Waals surface area contributed by atoms with E-state index in [1.54, 1.807) is 6.07 Å². The van der Waals surface area contributed by atoms with E-state index >= 15 is 0 Å². The van der Waals surface area contributed by atoms with Crippen molar-refractivity contribution < 1.29 is 13.9 Å². The number of Topliss-reactive ketones (excluding diaryl/α,β-unsaturated/α-hetero) is 1. The van der Waals surface area contributed by atoms with Gasteiger partial charge in [-0.25, -0.2) is 4.39 Å². The van der Waals surface area contributed by atoms with Gasteiger partial charge in [-0.15, -0.1) is 0 Å². The lowest BCUT2D eigenvalue weighted by atomic mass is 9.82. The maximum Gasteiger partial charge on any atom is 0.185 e. The molecule has 0 bridgehead atoms. The molecule has 0 amide bonds. The molecule has 0 unspecified atom stereocenters. The Labute approximate surface area is 127 Å². The number of hydrogen-bond donors (Lipinski definition) is 0. The molecule has 1 aromatic rings. The highest BCUT2D eigenvalue weighted by molar-refractivity contribution is 6.03. The average Bonchev–Trinajstić information content (AvgIpc) is 2.51. The molecule has 0 aromatic heterocycles. The topological polar surface area (TPSA) is 29.5 Å². The number of nitrogens with zero attached hydrogens (tertiary/aromatic N) is 1. The van der Waals surface area contributed by atoms with Gasteiger partial charge in [0.1, 0.15) is 11.6 Å². The molecule has 0 atom stereocenters. The molecule has 1 rings (SSSR count). The van der Waals surface area contributed by atoms with Crippen LogP contribution in [0.5, 0.6) is 5.75 Å². The van der Waals surface area contributed by atoms with Gasteiger partial charge in [0, 0.05) is 6.07 Å². The molecule has 0 N–H and O–H groups in total. The van der Waals surface area contributed by atoms with E-state index in [0.717, 1.165) is 13.1 Å². The second-order valence-electron chi connectivity index (χ2n) is 5.09. The zero-order chi connectivity index (χ0) is 16.0. The summed E-state index contributed by atoms with van der Waals surface area (Å²) in [6.07, 6.45) is 1.32. The van der Waals surface area contributed by atoms with Crippen molar-refractivity contribution in [1.82, 2.24) is 4.90 Å². The summed E-state index contributed by atoms with van der Waals surface area (Å²) in [6, 6.07) is 4.43. The van der Waals surface area contributed by atoms with Gasteiger partial charge in [-0.1, -0.05) is 27.7 Å². The van der Waals surface area contributed by atoms with E-state index in [1.165, 1.54) is 19.2 Å². The van der Waals surface area contributed by atoms with E-state index in [1.807, 2.05) is 27.7 Å². The summed E-state index contributed by atoms with van der Waals surface area (Å²) < 4.78 is 19.2. The van der Waals surface area contributed by atoms with Gasteiger partial charge in [0.05, 0.1) is 18.2 Å². The Kier molecular flexibility index (Phi) is 6.34. The van der Waals surface area contributed by atoms with E-state index < -0.39 is 11.4 Å². The van der Waals surface area contributed by atoms with Crippen LogP contribution in [0, 0.1) is 5.82 Å². The molecule has 1 aromatic carbocycles. The molecular formula is C17H26FNO2. The number of likely N-dealkylation sites (N-methyl/N-ethyl adjacent to an activating group) is 1. The normalized spacial score (nSPS) is 11.8. The molecule has 0 aliphatic rings. The zero-order valence-corrected chi connectivity index (χ0v) is 13.7. The molecule has 0 fully saturated rings. The van der Waals surface area contributed by atoms with E-state index in [4.69, 9.17) is 4.74 Å². The minimum atomic E-state index is -0.640. The van der Waals surface area contributed by atoms with Crippen LogP contribution in [0.2, 0.25) is 0 Å². The fourth-order valence-electron chi connectivity index (χ4n) is 3.05. The molecule has 0 heterocycles. The summed E-state index contributed by atoms with van der Waals surface area (Å²) in [4.78, 5) is 15.1. The number of ketones is 1. The summed E-state index contributed by atoms with van der Waals surface area (Å²) in [5.74, 6) is -0.236. The number of carbonyl (C=O) groups is 1. The maximum absolute atomic E-state index is 14.2. The van der Waals surface area contributed by atoms with Gasteiger partial charge < -0.3 is 4.74 Å². The van der Waals surface area contributed by atoms with Crippen molar-refractivity contribution in [2.75, 3.05) is 20.2 Å². The highest BCUT2D eigenvalue weighted by Gasteiger charge is 2.40. The van der Waals surface area contributed by atoms with Gasteiger partial charge >= 0.3 is 0 Å². The van der Waals surface area contributed by atoms with Crippen LogP contribution >= 0.6 is 0 Å². The van der Waals surface area contributed by atoms with Crippen molar-refractivity contribution in [1.29, 1.82) is 0 Å². The Morgan fingerprint density at radius 2 is 1.76 bits per heavy atom. The van der Waals surface area contributed by atoms with Crippen molar-refractivity contribution in [2.24, 2.45) is 0 Å². The number of ether oxygens (including phenoxy) is 1. The summed E-state index contributed by atoms with van der Waals surface area (Å²) in [7, 11) is 1.48. The third-order valence-corrected chi connectivity index (χ3v) is 4.38. The SMILES string of the molecule is CCN(CC)C(CC)(CC)C(=O)c1ccc(OC)cc1F. The molecule has 3 nitrogen and oxygen atoms in total. The van der Waals surface area contributed by atoms with Gasteiger partial charge in [0.15, 0.2) is 5.78 Å². The molecule has 0 radical (unpaired) electrons. The largest absolute Gasteiger partial charge is 0.497 e. The van der Waals surface area contributed by atoms with Gasteiger partial charge in [-0.3, -0.25) is 9.69 Å². The van der Waals surface area contributed by atoms with Crippen LogP contribution in [-0.4, -0.2) is 36.4 Å². The fraction of sp³-hybridized carbons (Fsp3) is 0.588. The molecular weight excluding hydrogens is 269 g/mol. The van der Waals surface area contributed by atoms with Crippen LogP contribution in [0.3, 0.4) is 0 Å². The van der Waals surface area contributed by atoms with Gasteiger partial charge in [-0.05, 0) is 38.1 Å². The molecule has 4 heteroatoms. The van der Waals surface area contributed by atoms with Gasteiger partial charge in [0.25, 0.3) is 0 Å². The first kappa shape index (κ1) is 17.6. The molecule has 0 aliphatic heterocycles. The standard InChI is InChI=1S/C17H26FNO2/c1-6-17(7-2,19(8-3)9-4)16(20)14-11-10-13(21-5)12-15(14)18/h10-12H,6-9H2,1-5H3. The van der Waals surface area contributed by atoms with Gasteiger partial charge in [0.2, 0.25) is 0 Å². The van der Waals surface area contributed by atoms with Crippen LogP contribution < -0.4 is 4.74 Å². The lowest BCUT2D eigenvalue weighted by molar-refractivity contribution is 0.0530. The predicted octanol–water partition coefficient (Wildman–Crippen LogP) is 3.92. The molecule has 0 aliphatic carbocycles. The van der Waals surface area contributed by atoms with Crippen LogP contribution in [-0.2, 0) is 0 Å². The van der Waals surface area contributed by atoms with Crippen LogP contribution in [0.25, 0.3) is 0 Å². The Bertz CT molecular complexity index is 480. The van der Waals surface area contributed by atoms with Crippen molar-refractivity contribution in [3.05, 3.63) is 29.6 Å². The third-order valence-electron chi connectivity index (χ3n) is 4.38. The lowest BCUT2D eigenvalue weighted by Gasteiger charge is -2.41. The maximum atomic E-state index is 14.2. The first-order valence-corrected chi connectivity index (χ1v) is 7.64. The molecule has 0 spiro atoms. The molecule has 0 saturated heterocycles. The monoisotopic (exact) mass is 295 g/mol. The van der Waals surface area contributed by atoms with Crippen molar-refractivity contribution in [3.8, 4) is 5.75 Å². The number of benzene rings is 1. The smallest absolute Gasteiger partial charge is 0.185 e. The second kappa shape index (κ2) is 7.55. The van der Waals surface area contributed by atoms with E-state index in [-0.39, 0.29) is 11.3 Å². The van der Waals surface area contributed by atoms with E-state index in [2.05, 4.69) is 4.90 Å². The van der Waals surface area contributed by atoms with Crippen molar-refractivity contribution in [3.63, 3.8) is 0 Å². The van der Waals surface area contributed by atoms with Gasteiger partial charge in [-0.2, -0.15) is 0 Å². The quantitative estimate of drug-likeness (QED) is 0.681. The number of carbonyl (C=O) groups excluding carboxylic acids is 1. The average molecular weight is 295 g/mol. The van der Waals surface area contributed by atoms with E-state index in [9.17, 15) is 9.18 Å². The number of hydrogen-bond acceptors (Lipinski definition) is 3. The fourth-order valence-corrected chi connectivity index (χ4v) is 3.05. The summed E-state index contributed by atoms with van der Waals surface area (Å²) in [5, 5.41) is 0. The van der Waals surface area contributed by atoms with Crippen molar-refractivity contribution in [2.45, 2.75) is 46.1 Å². The van der Waals surface area contributed by atoms with E-state index in [0.29, 0.717) is 18.6 Å². The summed E-state index contributed by atoms with van der Waals surface area (Å²) in [5.41, 5.74) is -0.495. The zero-order valence-electron chi connectivity index (χ0n) is 13.7. The molecule has 0 saturated carbocycles. The minimum absolute atomic E-state index is 0.142. The Hall–Kier alpha value is -1.42. The minimum Gasteiger partial charge on any atom is -0.497 e. The first-order valence-electron chi connectivity index (χ1n) is 7.64. The molecule has 21 heavy (non-hydrogen) atoms. The first-order chi connectivity index (χ1) is 10.00. The van der Waals surface area contributed by atoms with Crippen LogP contribution in [0.15, 0.2) is 18.2 Å². The lowest BCUT2D eigenvalue weighted by Crippen LogP contribution is -2.54. The number of halogens is 1.